The number of carbonyl (C=O) groups is 2. The van der Waals surface area contributed by atoms with Gasteiger partial charge in [0.15, 0.2) is 5.79 Å². The highest BCUT2D eigenvalue weighted by Gasteiger charge is 2.38. The maximum Gasteiger partial charge on any atom is 0.416 e. The van der Waals surface area contributed by atoms with Crippen LogP contribution in [0.1, 0.15) is 24.8 Å². The topological polar surface area (TPSA) is 65.1 Å². The number of hydrogen-bond donors (Lipinski definition) is 0. The largest absolute Gasteiger partial charge is 0.447 e. The molecule has 2 saturated heterocycles. The summed E-state index contributed by atoms with van der Waals surface area (Å²) in [5.41, 5.74) is 0.726. The van der Waals surface area contributed by atoms with Crippen molar-refractivity contribution in [2.75, 3.05) is 26.4 Å². The molecule has 1 aromatic carbocycles. The van der Waals surface area contributed by atoms with Crippen LogP contribution in [0.15, 0.2) is 24.3 Å². The summed E-state index contributed by atoms with van der Waals surface area (Å²) in [6.45, 7) is 1.44. The molecule has 0 N–H and O–H groups in total. The average Bonchev–Trinajstić information content (AvgIpc) is 3.18. The van der Waals surface area contributed by atoms with E-state index >= 15 is 0 Å². The molecule has 2 amide bonds. The normalized spacial score (nSPS) is 19.9. The van der Waals surface area contributed by atoms with Crippen molar-refractivity contribution in [1.29, 1.82) is 0 Å². The number of halogens is 1. The molecule has 0 saturated carbocycles. The SMILES string of the molecule is O=C(CCCC1(c2ccc(F)cc2)OCCO1)N1CCOC1=O. The molecule has 2 aliphatic heterocycles. The van der Waals surface area contributed by atoms with E-state index in [-0.39, 0.29) is 24.8 Å². The van der Waals surface area contributed by atoms with Crippen molar-refractivity contribution in [3.05, 3.63) is 35.6 Å². The molecule has 23 heavy (non-hydrogen) atoms. The number of carbonyl (C=O) groups excluding carboxylic acids is 2. The number of cyclic esters (lactones) is 1. The quantitative estimate of drug-likeness (QED) is 0.831. The molecule has 0 aromatic heterocycles. The second-order valence-corrected chi connectivity index (χ2v) is 5.47. The predicted molar refractivity (Wildman–Crippen MR) is 76.9 cm³/mol. The Labute approximate surface area is 133 Å². The highest BCUT2D eigenvalue weighted by Crippen LogP contribution is 2.36. The number of nitrogens with zero attached hydrogens (tertiary/aromatic N) is 1. The van der Waals surface area contributed by atoms with Gasteiger partial charge >= 0.3 is 6.09 Å². The minimum atomic E-state index is -0.945. The van der Waals surface area contributed by atoms with E-state index in [1.807, 2.05) is 0 Å². The highest BCUT2D eigenvalue weighted by atomic mass is 19.1. The van der Waals surface area contributed by atoms with Crippen LogP contribution in [0.4, 0.5) is 9.18 Å². The number of ether oxygens (including phenoxy) is 3. The Balaban J connectivity index is 1.61. The minimum Gasteiger partial charge on any atom is -0.447 e. The fraction of sp³-hybridized carbons (Fsp3) is 0.500. The summed E-state index contributed by atoms with van der Waals surface area (Å²) in [4.78, 5) is 24.5. The summed E-state index contributed by atoms with van der Waals surface area (Å²) in [5.74, 6) is -1.54. The zero-order valence-electron chi connectivity index (χ0n) is 12.6. The van der Waals surface area contributed by atoms with Crippen LogP contribution in [0.2, 0.25) is 0 Å². The van der Waals surface area contributed by atoms with Gasteiger partial charge in [0.2, 0.25) is 5.91 Å². The van der Waals surface area contributed by atoms with Crippen molar-refractivity contribution in [3.63, 3.8) is 0 Å². The molecule has 1 aromatic rings. The lowest BCUT2D eigenvalue weighted by Crippen LogP contribution is -2.32. The van der Waals surface area contributed by atoms with Crippen molar-refractivity contribution >= 4 is 12.0 Å². The zero-order chi connectivity index (χ0) is 16.3. The first-order valence-electron chi connectivity index (χ1n) is 7.62. The first-order chi connectivity index (χ1) is 11.1. The Hall–Kier alpha value is -1.99. The molecule has 0 bridgehead atoms. The van der Waals surface area contributed by atoms with Crippen molar-refractivity contribution in [2.24, 2.45) is 0 Å². The molecule has 0 radical (unpaired) electrons. The average molecular weight is 323 g/mol. The summed E-state index contributed by atoms with van der Waals surface area (Å²) in [5, 5.41) is 0. The van der Waals surface area contributed by atoms with Gasteiger partial charge in [0.05, 0.1) is 19.8 Å². The van der Waals surface area contributed by atoms with Crippen LogP contribution in [-0.2, 0) is 24.8 Å². The summed E-state index contributed by atoms with van der Waals surface area (Å²) >= 11 is 0. The summed E-state index contributed by atoms with van der Waals surface area (Å²) in [7, 11) is 0. The van der Waals surface area contributed by atoms with Crippen LogP contribution < -0.4 is 0 Å². The predicted octanol–water partition coefficient (Wildman–Crippen LogP) is 2.17. The van der Waals surface area contributed by atoms with Gasteiger partial charge in [-0.2, -0.15) is 0 Å². The van der Waals surface area contributed by atoms with Gasteiger partial charge in [0, 0.05) is 18.4 Å². The Morgan fingerprint density at radius 3 is 2.48 bits per heavy atom. The van der Waals surface area contributed by atoms with Gasteiger partial charge in [-0.3, -0.25) is 4.79 Å². The third-order valence-electron chi connectivity index (χ3n) is 4.00. The van der Waals surface area contributed by atoms with Gasteiger partial charge in [0.1, 0.15) is 12.4 Å². The van der Waals surface area contributed by atoms with Gasteiger partial charge in [0.25, 0.3) is 0 Å². The molecule has 0 atom stereocenters. The fourth-order valence-corrected chi connectivity index (χ4v) is 2.84. The molecule has 0 aliphatic carbocycles. The standard InChI is InChI=1S/C16H18FNO5/c17-13-5-3-12(4-6-13)16(22-10-11-23-16)7-1-2-14(19)18-8-9-21-15(18)20/h3-6H,1-2,7-11H2. The number of hydrogen-bond acceptors (Lipinski definition) is 5. The Morgan fingerprint density at radius 1 is 1.17 bits per heavy atom. The molecule has 7 heteroatoms. The van der Waals surface area contributed by atoms with Gasteiger partial charge in [-0.05, 0) is 18.6 Å². The van der Waals surface area contributed by atoms with Crippen molar-refractivity contribution in [1.82, 2.24) is 4.90 Å². The second-order valence-electron chi connectivity index (χ2n) is 5.47. The lowest BCUT2D eigenvalue weighted by molar-refractivity contribution is -0.172. The molecular formula is C16H18FNO5. The summed E-state index contributed by atoms with van der Waals surface area (Å²) < 4.78 is 29.3. The maximum absolute atomic E-state index is 13.1. The van der Waals surface area contributed by atoms with E-state index in [0.29, 0.717) is 32.6 Å². The molecular weight excluding hydrogens is 305 g/mol. The number of imide groups is 1. The van der Waals surface area contributed by atoms with E-state index in [9.17, 15) is 14.0 Å². The smallest absolute Gasteiger partial charge is 0.416 e. The fourth-order valence-electron chi connectivity index (χ4n) is 2.84. The van der Waals surface area contributed by atoms with Gasteiger partial charge in [-0.25, -0.2) is 14.1 Å². The first-order valence-corrected chi connectivity index (χ1v) is 7.62. The molecule has 2 fully saturated rings. The first kappa shape index (κ1) is 15.9. The monoisotopic (exact) mass is 323 g/mol. The van der Waals surface area contributed by atoms with Crippen LogP contribution in [0.3, 0.4) is 0 Å². The maximum atomic E-state index is 13.1. The molecule has 6 nitrogen and oxygen atoms in total. The Morgan fingerprint density at radius 2 is 1.87 bits per heavy atom. The molecule has 124 valence electrons. The number of rotatable bonds is 5. The van der Waals surface area contributed by atoms with Crippen molar-refractivity contribution < 1.29 is 28.2 Å². The van der Waals surface area contributed by atoms with Crippen LogP contribution in [-0.4, -0.2) is 43.3 Å². The van der Waals surface area contributed by atoms with Gasteiger partial charge < -0.3 is 14.2 Å². The summed E-state index contributed by atoms with van der Waals surface area (Å²) in [6, 6.07) is 5.96. The van der Waals surface area contributed by atoms with E-state index in [1.54, 1.807) is 12.1 Å². The second kappa shape index (κ2) is 6.64. The number of amides is 2. The number of benzene rings is 1. The van der Waals surface area contributed by atoms with E-state index < -0.39 is 11.9 Å². The van der Waals surface area contributed by atoms with Crippen LogP contribution >= 0.6 is 0 Å². The van der Waals surface area contributed by atoms with Crippen LogP contribution in [0.25, 0.3) is 0 Å². The van der Waals surface area contributed by atoms with E-state index in [0.717, 1.165) is 10.5 Å². The van der Waals surface area contributed by atoms with Crippen LogP contribution in [0.5, 0.6) is 0 Å². The van der Waals surface area contributed by atoms with E-state index in [1.165, 1.54) is 12.1 Å². The Kier molecular flexibility index (Phi) is 4.58. The van der Waals surface area contributed by atoms with E-state index in [4.69, 9.17) is 14.2 Å². The molecule has 3 rings (SSSR count). The van der Waals surface area contributed by atoms with E-state index in [2.05, 4.69) is 0 Å². The zero-order valence-corrected chi connectivity index (χ0v) is 12.6. The third kappa shape index (κ3) is 3.35. The van der Waals surface area contributed by atoms with Gasteiger partial charge in [-0.15, -0.1) is 0 Å². The molecule has 2 aliphatic rings. The van der Waals surface area contributed by atoms with Gasteiger partial charge in [-0.1, -0.05) is 12.1 Å². The van der Waals surface area contributed by atoms with Crippen molar-refractivity contribution in [3.8, 4) is 0 Å². The highest BCUT2D eigenvalue weighted by molar-refractivity contribution is 5.92. The molecule has 0 unspecified atom stereocenters. The lowest BCUT2D eigenvalue weighted by Gasteiger charge is -2.28. The summed E-state index contributed by atoms with van der Waals surface area (Å²) in [6.07, 6.45) is 0.550. The third-order valence-corrected chi connectivity index (χ3v) is 4.00. The van der Waals surface area contributed by atoms with Crippen molar-refractivity contribution in [2.45, 2.75) is 25.0 Å². The minimum absolute atomic E-state index is 0.199. The van der Waals surface area contributed by atoms with Crippen LogP contribution in [0, 0.1) is 5.82 Å². The Bertz CT molecular complexity index is 583. The lowest BCUT2D eigenvalue weighted by atomic mass is 9.99. The molecule has 0 spiro atoms. The molecule has 2 heterocycles.